The molecule has 3 N–H and O–H groups in total. The van der Waals surface area contributed by atoms with Crippen molar-refractivity contribution in [1.29, 1.82) is 0 Å². The van der Waals surface area contributed by atoms with Crippen LogP contribution in [0, 0.1) is 5.92 Å². The Morgan fingerprint density at radius 1 is 1.50 bits per heavy atom. The summed E-state index contributed by atoms with van der Waals surface area (Å²) in [6.07, 6.45) is 1.26. The van der Waals surface area contributed by atoms with Crippen LogP contribution in [0.4, 0.5) is 0 Å². The fraction of sp³-hybridized carbons (Fsp3) is 1.00. The molecule has 38 valence electrons. The van der Waals surface area contributed by atoms with E-state index in [1.807, 2.05) is 0 Å². The first kappa shape index (κ1) is 5.96. The van der Waals surface area contributed by atoms with Crippen molar-refractivity contribution in [2.24, 2.45) is 5.92 Å². The molecule has 0 aromatic carbocycles. The van der Waals surface area contributed by atoms with Gasteiger partial charge >= 0.3 is 0 Å². The second-order valence-corrected chi connectivity index (χ2v) is 2.04. The predicted molar refractivity (Wildman–Crippen MR) is 27.2 cm³/mol. The highest BCUT2D eigenvalue weighted by Crippen LogP contribution is 1.93. The van der Waals surface area contributed by atoms with E-state index >= 15 is 0 Å². The van der Waals surface area contributed by atoms with E-state index in [4.69, 9.17) is 0 Å². The zero-order valence-electron chi connectivity index (χ0n) is 4.70. The molecule has 0 saturated carbocycles. The molecule has 0 rings (SSSR count). The van der Waals surface area contributed by atoms with E-state index < -0.39 is 0 Å². The van der Waals surface area contributed by atoms with Crippen molar-refractivity contribution in [3.63, 3.8) is 0 Å². The summed E-state index contributed by atoms with van der Waals surface area (Å²) in [6.45, 7) is 5.51. The van der Waals surface area contributed by atoms with E-state index in [0.717, 1.165) is 12.5 Å². The van der Waals surface area contributed by atoms with Gasteiger partial charge in [0.15, 0.2) is 0 Å². The molecule has 0 aliphatic rings. The Balaban J connectivity index is 2.63. The van der Waals surface area contributed by atoms with E-state index in [1.165, 1.54) is 6.42 Å². The van der Waals surface area contributed by atoms with E-state index in [9.17, 15) is 0 Å². The van der Waals surface area contributed by atoms with Gasteiger partial charge in [-0.2, -0.15) is 0 Å². The first-order valence-electron chi connectivity index (χ1n) is 2.56. The number of rotatable bonds is 2. The second-order valence-electron chi connectivity index (χ2n) is 2.04. The average Bonchev–Trinajstić information content (AvgIpc) is 1.35. The molecule has 1 nitrogen and oxygen atoms in total. The van der Waals surface area contributed by atoms with Crippen molar-refractivity contribution >= 4 is 0 Å². The third kappa shape index (κ3) is 3.96. The van der Waals surface area contributed by atoms with Gasteiger partial charge in [0.2, 0.25) is 0 Å². The molecule has 1 heteroatoms. The van der Waals surface area contributed by atoms with Gasteiger partial charge in [0.05, 0.1) is 6.54 Å². The molecule has 6 heavy (non-hydrogen) atoms. The third-order valence-corrected chi connectivity index (χ3v) is 0.781. The van der Waals surface area contributed by atoms with Crippen LogP contribution in [0.3, 0.4) is 0 Å². The molecule has 0 aromatic rings. The summed E-state index contributed by atoms with van der Waals surface area (Å²) in [6, 6.07) is 0. The first-order valence-corrected chi connectivity index (χ1v) is 2.56. The van der Waals surface area contributed by atoms with E-state index in [1.54, 1.807) is 0 Å². The quantitative estimate of drug-likeness (QED) is 0.502. The molecule has 0 fully saturated rings. The molecule has 0 amide bonds. The highest BCUT2D eigenvalue weighted by molar-refractivity contribution is 4.37. The van der Waals surface area contributed by atoms with Gasteiger partial charge in [-0.05, 0) is 12.3 Å². The van der Waals surface area contributed by atoms with Gasteiger partial charge in [-0.3, -0.25) is 0 Å². The highest BCUT2D eigenvalue weighted by atomic mass is 14.5. The molecule has 0 heterocycles. The summed E-state index contributed by atoms with van der Waals surface area (Å²) < 4.78 is 0. The Labute approximate surface area is 39.5 Å². The van der Waals surface area contributed by atoms with Crippen molar-refractivity contribution in [3.8, 4) is 0 Å². The molecule has 0 bridgehead atoms. The zero-order chi connectivity index (χ0) is 4.99. The summed E-state index contributed by atoms with van der Waals surface area (Å²) in [7, 11) is 0. The zero-order valence-corrected chi connectivity index (χ0v) is 4.70. The molecule has 0 unspecified atom stereocenters. The minimum Gasteiger partial charge on any atom is -0.358 e. The number of hydrogen-bond acceptors (Lipinski definition) is 0. The standard InChI is InChI=1S/C5H13N/c1-5(2)3-4-6/h5H,3-4,6H2,1-2H3/p+1. The van der Waals surface area contributed by atoms with Crippen LogP contribution in [0.15, 0.2) is 0 Å². The van der Waals surface area contributed by atoms with Crippen LogP contribution in [0.2, 0.25) is 0 Å². The highest BCUT2D eigenvalue weighted by Gasteiger charge is 1.88. The lowest BCUT2D eigenvalue weighted by Gasteiger charge is -1.94. The summed E-state index contributed by atoms with van der Waals surface area (Å²) in [5, 5.41) is 0. The van der Waals surface area contributed by atoms with E-state index in [0.29, 0.717) is 0 Å². The Bertz CT molecular complexity index is 25.1. The number of quaternary nitrogens is 1. The van der Waals surface area contributed by atoms with Crippen LogP contribution < -0.4 is 5.73 Å². The normalized spacial score (nSPS) is 10.0. The van der Waals surface area contributed by atoms with Crippen molar-refractivity contribution in [1.82, 2.24) is 0 Å². The fourth-order valence-electron chi connectivity index (χ4n) is 0.408. The minimum atomic E-state index is 0.836. The summed E-state index contributed by atoms with van der Waals surface area (Å²) >= 11 is 0. The van der Waals surface area contributed by atoms with Crippen LogP contribution in [-0.2, 0) is 0 Å². The Kier molecular flexibility index (Phi) is 3.14. The molecule has 0 saturated heterocycles. The smallest absolute Gasteiger partial charge is 0.0742 e. The van der Waals surface area contributed by atoms with E-state index in [2.05, 4.69) is 19.6 Å². The molecular formula is C5H14N+. The lowest BCUT2D eigenvalue weighted by atomic mass is 10.1. The van der Waals surface area contributed by atoms with Gasteiger partial charge in [0.25, 0.3) is 0 Å². The van der Waals surface area contributed by atoms with Crippen LogP contribution >= 0.6 is 0 Å². The van der Waals surface area contributed by atoms with Gasteiger partial charge in [-0.15, -0.1) is 0 Å². The Morgan fingerprint density at radius 3 is 2.00 bits per heavy atom. The number of hydrogen-bond donors (Lipinski definition) is 1. The topological polar surface area (TPSA) is 27.6 Å². The van der Waals surface area contributed by atoms with Crippen molar-refractivity contribution < 1.29 is 5.73 Å². The van der Waals surface area contributed by atoms with Gasteiger partial charge < -0.3 is 5.73 Å². The first-order chi connectivity index (χ1) is 2.77. The summed E-state index contributed by atoms with van der Waals surface area (Å²) in [5.41, 5.74) is 3.73. The SMILES string of the molecule is CC(C)CC[NH3+]. The van der Waals surface area contributed by atoms with Crippen LogP contribution in [0.5, 0.6) is 0 Å². The maximum absolute atomic E-state index is 3.73. The largest absolute Gasteiger partial charge is 0.358 e. The monoisotopic (exact) mass is 88.1 g/mol. The molecule has 0 aliphatic heterocycles. The van der Waals surface area contributed by atoms with Gasteiger partial charge in [-0.1, -0.05) is 13.8 Å². The van der Waals surface area contributed by atoms with Crippen molar-refractivity contribution in [3.05, 3.63) is 0 Å². The molecule has 0 spiro atoms. The molecule has 0 aliphatic carbocycles. The lowest BCUT2D eigenvalue weighted by Crippen LogP contribution is -2.50. The maximum atomic E-state index is 3.73. The minimum absolute atomic E-state index is 0.836. The van der Waals surface area contributed by atoms with Gasteiger partial charge in [-0.25, -0.2) is 0 Å². The summed E-state index contributed by atoms with van der Waals surface area (Å²) in [4.78, 5) is 0. The lowest BCUT2D eigenvalue weighted by molar-refractivity contribution is -0.369. The van der Waals surface area contributed by atoms with Crippen LogP contribution in [0.25, 0.3) is 0 Å². The van der Waals surface area contributed by atoms with Gasteiger partial charge in [0.1, 0.15) is 0 Å². The van der Waals surface area contributed by atoms with Gasteiger partial charge in [0, 0.05) is 0 Å². The van der Waals surface area contributed by atoms with Crippen LogP contribution in [0.1, 0.15) is 20.3 Å². The predicted octanol–water partition coefficient (Wildman–Crippen LogP) is 0.274. The Hall–Kier alpha value is -0.0400. The summed E-state index contributed by atoms with van der Waals surface area (Å²) in [5.74, 6) is 0.836. The second kappa shape index (κ2) is 3.16. The average molecular weight is 88.2 g/mol. The van der Waals surface area contributed by atoms with Crippen molar-refractivity contribution in [2.75, 3.05) is 6.54 Å². The van der Waals surface area contributed by atoms with E-state index in [-0.39, 0.29) is 0 Å². The van der Waals surface area contributed by atoms with Crippen LogP contribution in [-0.4, -0.2) is 6.54 Å². The molecular weight excluding hydrogens is 74.1 g/mol. The maximum Gasteiger partial charge on any atom is 0.0742 e. The Morgan fingerprint density at radius 2 is 2.00 bits per heavy atom. The van der Waals surface area contributed by atoms with Crippen molar-refractivity contribution in [2.45, 2.75) is 20.3 Å². The molecule has 0 atom stereocenters. The molecule has 0 radical (unpaired) electrons. The molecule has 0 aromatic heterocycles. The fourth-order valence-corrected chi connectivity index (χ4v) is 0.408. The third-order valence-electron chi connectivity index (χ3n) is 0.781.